The van der Waals surface area contributed by atoms with Crippen LogP contribution in [0.15, 0.2) is 30.7 Å². The van der Waals surface area contributed by atoms with E-state index in [4.69, 9.17) is 0 Å². The first-order valence-electron chi connectivity index (χ1n) is 10.3. The third-order valence-corrected chi connectivity index (χ3v) is 5.65. The summed E-state index contributed by atoms with van der Waals surface area (Å²) in [6, 6.07) is 6.18. The van der Waals surface area contributed by atoms with E-state index < -0.39 is 0 Å². The molecule has 2 heterocycles. The average molecular weight is 404 g/mol. The first-order chi connectivity index (χ1) is 14.5. The van der Waals surface area contributed by atoms with E-state index in [0.717, 1.165) is 48.0 Å². The number of amides is 2. The van der Waals surface area contributed by atoms with E-state index in [0.29, 0.717) is 23.0 Å². The number of benzene rings is 1. The maximum Gasteiger partial charge on any atom is 0.253 e. The van der Waals surface area contributed by atoms with Gasteiger partial charge in [0.05, 0.1) is 5.56 Å². The van der Waals surface area contributed by atoms with Crippen molar-refractivity contribution in [2.45, 2.75) is 51.6 Å². The van der Waals surface area contributed by atoms with Gasteiger partial charge in [0.15, 0.2) is 5.82 Å². The second-order valence-electron chi connectivity index (χ2n) is 8.22. The first kappa shape index (κ1) is 18.6. The van der Waals surface area contributed by atoms with Crippen LogP contribution in [-0.4, -0.2) is 38.5 Å². The molecular weight excluding hydrogens is 380 g/mol. The molecule has 1 aromatic carbocycles. The predicted molar refractivity (Wildman–Crippen MR) is 113 cm³/mol. The second-order valence-corrected chi connectivity index (χ2v) is 8.22. The van der Waals surface area contributed by atoms with E-state index in [9.17, 15) is 9.59 Å². The van der Waals surface area contributed by atoms with Crippen molar-refractivity contribution in [2.75, 3.05) is 5.32 Å². The SMILES string of the molecule is Cc1ccc(C(=O)NC2CC2)cc1Nc1ncnn2cc(C(=O)NC3CC3)c(C)c12. The smallest absolute Gasteiger partial charge is 0.253 e. The zero-order valence-electron chi connectivity index (χ0n) is 17.0. The number of aromatic nitrogens is 3. The number of carbonyl (C=O) groups is 2. The van der Waals surface area contributed by atoms with Crippen LogP contribution in [-0.2, 0) is 0 Å². The van der Waals surface area contributed by atoms with Crippen molar-refractivity contribution in [2.24, 2.45) is 0 Å². The van der Waals surface area contributed by atoms with Crippen LogP contribution < -0.4 is 16.0 Å². The fourth-order valence-corrected chi connectivity index (χ4v) is 3.49. The standard InChI is InChI=1S/C22H24N6O2/c1-12-3-4-14(21(29)25-15-5-6-15)9-18(12)27-20-19-13(2)17(10-28(19)24-11-23-20)22(30)26-16-7-8-16/h3-4,9-11,15-16H,5-8H2,1-2H3,(H,25,29)(H,26,30)(H,23,24,27). The molecule has 5 rings (SSSR count). The van der Waals surface area contributed by atoms with Crippen LogP contribution in [0, 0.1) is 13.8 Å². The number of nitrogens with one attached hydrogen (secondary N) is 3. The number of nitrogens with zero attached hydrogens (tertiary/aromatic N) is 3. The Morgan fingerprint density at radius 2 is 1.73 bits per heavy atom. The molecule has 0 aliphatic heterocycles. The van der Waals surface area contributed by atoms with E-state index in [2.05, 4.69) is 26.0 Å². The van der Waals surface area contributed by atoms with Crippen molar-refractivity contribution in [3.63, 3.8) is 0 Å². The lowest BCUT2D eigenvalue weighted by atomic mass is 10.1. The summed E-state index contributed by atoms with van der Waals surface area (Å²) in [6.07, 6.45) is 7.36. The minimum Gasteiger partial charge on any atom is -0.349 e. The summed E-state index contributed by atoms with van der Waals surface area (Å²) in [6.45, 7) is 3.88. The van der Waals surface area contributed by atoms with Crippen LogP contribution in [0.2, 0.25) is 0 Å². The fourth-order valence-electron chi connectivity index (χ4n) is 3.49. The van der Waals surface area contributed by atoms with Gasteiger partial charge in [-0.25, -0.2) is 9.50 Å². The molecule has 3 N–H and O–H groups in total. The second kappa shape index (κ2) is 7.12. The maximum atomic E-state index is 12.6. The number of anilines is 2. The van der Waals surface area contributed by atoms with Gasteiger partial charge >= 0.3 is 0 Å². The van der Waals surface area contributed by atoms with Crippen molar-refractivity contribution in [1.29, 1.82) is 0 Å². The van der Waals surface area contributed by atoms with Gasteiger partial charge < -0.3 is 16.0 Å². The van der Waals surface area contributed by atoms with Gasteiger partial charge in [-0.1, -0.05) is 6.07 Å². The predicted octanol–water partition coefficient (Wildman–Crippen LogP) is 2.87. The van der Waals surface area contributed by atoms with Gasteiger partial charge in [-0.2, -0.15) is 5.10 Å². The molecule has 0 unspecified atom stereocenters. The van der Waals surface area contributed by atoms with Gasteiger partial charge in [0, 0.05) is 29.5 Å². The third-order valence-electron chi connectivity index (χ3n) is 5.65. The number of fused-ring (bicyclic) bond motifs is 1. The highest BCUT2D eigenvalue weighted by atomic mass is 16.2. The summed E-state index contributed by atoms with van der Waals surface area (Å²) in [7, 11) is 0. The Morgan fingerprint density at radius 3 is 2.43 bits per heavy atom. The average Bonchev–Trinajstić information content (AvgIpc) is 3.65. The fraction of sp³-hybridized carbons (Fsp3) is 0.364. The molecule has 30 heavy (non-hydrogen) atoms. The molecule has 2 aromatic heterocycles. The number of hydrogen-bond acceptors (Lipinski definition) is 5. The van der Waals surface area contributed by atoms with E-state index >= 15 is 0 Å². The first-order valence-corrected chi connectivity index (χ1v) is 10.3. The monoisotopic (exact) mass is 404 g/mol. The van der Waals surface area contributed by atoms with Crippen LogP contribution in [0.1, 0.15) is 57.5 Å². The van der Waals surface area contributed by atoms with Crippen molar-refractivity contribution < 1.29 is 9.59 Å². The van der Waals surface area contributed by atoms with Gasteiger partial charge in [-0.05, 0) is 62.8 Å². The molecule has 8 nitrogen and oxygen atoms in total. The third kappa shape index (κ3) is 3.60. The summed E-state index contributed by atoms with van der Waals surface area (Å²) >= 11 is 0. The lowest BCUT2D eigenvalue weighted by molar-refractivity contribution is 0.0942. The molecule has 0 bridgehead atoms. The van der Waals surface area contributed by atoms with Gasteiger partial charge in [0.25, 0.3) is 11.8 Å². The Balaban J connectivity index is 1.47. The van der Waals surface area contributed by atoms with Crippen molar-refractivity contribution in [3.8, 4) is 0 Å². The number of rotatable bonds is 6. The summed E-state index contributed by atoms with van der Waals surface area (Å²) in [4.78, 5) is 29.4. The Kier molecular flexibility index (Phi) is 4.42. The summed E-state index contributed by atoms with van der Waals surface area (Å²) in [5, 5.41) is 13.7. The highest BCUT2D eigenvalue weighted by Crippen LogP contribution is 2.28. The molecule has 8 heteroatoms. The highest BCUT2D eigenvalue weighted by molar-refractivity contribution is 6.00. The van der Waals surface area contributed by atoms with E-state index in [1.54, 1.807) is 10.7 Å². The molecule has 2 saturated carbocycles. The molecule has 3 aromatic rings. The van der Waals surface area contributed by atoms with E-state index in [1.165, 1.54) is 6.33 Å². The molecule has 0 radical (unpaired) electrons. The van der Waals surface area contributed by atoms with Gasteiger partial charge in [0.2, 0.25) is 0 Å². The van der Waals surface area contributed by atoms with Crippen molar-refractivity contribution in [1.82, 2.24) is 25.2 Å². The van der Waals surface area contributed by atoms with Gasteiger partial charge in [0.1, 0.15) is 11.8 Å². The molecular formula is C22H24N6O2. The Morgan fingerprint density at radius 1 is 1.03 bits per heavy atom. The summed E-state index contributed by atoms with van der Waals surface area (Å²) < 4.78 is 1.67. The zero-order valence-corrected chi connectivity index (χ0v) is 17.0. The molecule has 154 valence electrons. The van der Waals surface area contributed by atoms with Gasteiger partial charge in [-0.15, -0.1) is 0 Å². The van der Waals surface area contributed by atoms with Crippen LogP contribution in [0.25, 0.3) is 5.52 Å². The molecule has 0 spiro atoms. The van der Waals surface area contributed by atoms with Crippen LogP contribution in [0.5, 0.6) is 0 Å². The zero-order chi connectivity index (χ0) is 20.8. The number of carbonyl (C=O) groups excluding carboxylic acids is 2. The molecule has 0 saturated heterocycles. The molecule has 2 aliphatic rings. The molecule has 2 amide bonds. The maximum absolute atomic E-state index is 12.6. The minimum absolute atomic E-state index is 0.0636. The molecule has 0 atom stereocenters. The van der Waals surface area contributed by atoms with Crippen LogP contribution >= 0.6 is 0 Å². The van der Waals surface area contributed by atoms with Crippen molar-refractivity contribution >= 4 is 28.8 Å². The Labute approximate surface area is 174 Å². The highest BCUT2D eigenvalue weighted by Gasteiger charge is 2.26. The lowest BCUT2D eigenvalue weighted by Crippen LogP contribution is -2.25. The van der Waals surface area contributed by atoms with Crippen LogP contribution in [0.4, 0.5) is 11.5 Å². The number of hydrogen-bond donors (Lipinski definition) is 3. The molecule has 2 aliphatic carbocycles. The normalized spacial score (nSPS) is 15.8. The Hall–Kier alpha value is -3.42. The quantitative estimate of drug-likeness (QED) is 0.587. The lowest BCUT2D eigenvalue weighted by Gasteiger charge is -2.12. The van der Waals surface area contributed by atoms with E-state index in [-0.39, 0.29) is 17.9 Å². The number of aryl methyl sites for hydroxylation is 2. The molecule has 2 fully saturated rings. The largest absolute Gasteiger partial charge is 0.349 e. The van der Waals surface area contributed by atoms with E-state index in [1.807, 2.05) is 32.0 Å². The minimum atomic E-state index is -0.0821. The van der Waals surface area contributed by atoms with Crippen LogP contribution in [0.3, 0.4) is 0 Å². The summed E-state index contributed by atoms with van der Waals surface area (Å²) in [5.74, 6) is 0.448. The van der Waals surface area contributed by atoms with Crippen molar-refractivity contribution in [3.05, 3.63) is 53.0 Å². The topological polar surface area (TPSA) is 100 Å². The van der Waals surface area contributed by atoms with Gasteiger partial charge in [-0.3, -0.25) is 9.59 Å². The Bertz CT molecular complexity index is 1160. The summed E-state index contributed by atoms with van der Waals surface area (Å²) in [5.41, 5.74) is 4.55.